The van der Waals surface area contributed by atoms with E-state index in [0.717, 1.165) is 4.90 Å². The second kappa shape index (κ2) is 11.4. The predicted octanol–water partition coefficient (Wildman–Crippen LogP) is 1.16. The van der Waals surface area contributed by atoms with Gasteiger partial charge in [-0.1, -0.05) is 34.6 Å². The van der Waals surface area contributed by atoms with Gasteiger partial charge in [0, 0.05) is 24.7 Å². The molecule has 3 N–H and O–H groups in total. The van der Waals surface area contributed by atoms with Crippen LogP contribution in [0.15, 0.2) is 0 Å². The smallest absolute Gasteiger partial charge is 0.327 e. The molecular formula is C23H41N5O5S. The quantitative estimate of drug-likeness (QED) is 0.263. The first kappa shape index (κ1) is 24.8. The molecule has 1 rings (SSSR count). The number of nitrogens with one attached hydrogen (secondary N) is 3. The van der Waals surface area contributed by atoms with Gasteiger partial charge in [0.15, 0.2) is 0 Å². The van der Waals surface area contributed by atoms with Crippen molar-refractivity contribution in [3.05, 3.63) is 0 Å². The van der Waals surface area contributed by atoms with E-state index in [1.54, 1.807) is 0 Å². The molecule has 6 amide bonds. The number of hydrogen-bond acceptors (Lipinski definition) is 6. The fourth-order valence-corrected chi connectivity index (χ4v) is 3.68. The fourth-order valence-electron chi connectivity index (χ4n) is 3.49. The van der Waals surface area contributed by atoms with Crippen LogP contribution in [0.25, 0.3) is 0 Å². The Bertz CT molecular complexity index is 904. The minimum atomic E-state index is -2.81. The summed E-state index contributed by atoms with van der Waals surface area (Å²) in [5.74, 6) is -2.13. The standard InChI is InChI=1S/C23H41N5O5S/c1-13(2)12-14(17(29)26-16(19(31)24-8)22(3,4)5)25-18(30)15(34)10-11-28-20(32)23(6,7)27(9)21(28)33/h13-16,34H,10-12H2,1-9H3,(H,24,31)(H,25,30)(H,26,29)/t14-,15+,16+/m0/s1/i9D3. The summed E-state index contributed by atoms with van der Waals surface area (Å²) in [6.07, 6.45) is 0.240. The van der Waals surface area contributed by atoms with Gasteiger partial charge in [0.05, 0.1) is 5.25 Å². The van der Waals surface area contributed by atoms with Gasteiger partial charge in [-0.15, -0.1) is 0 Å². The highest BCUT2D eigenvalue weighted by atomic mass is 32.1. The number of nitrogens with zero attached hydrogens (tertiary/aromatic N) is 2. The lowest BCUT2D eigenvalue weighted by atomic mass is 9.85. The average Bonchev–Trinajstić information content (AvgIpc) is 2.91. The maximum Gasteiger partial charge on any atom is 0.327 e. The Labute approximate surface area is 212 Å². The van der Waals surface area contributed by atoms with Crippen LogP contribution in [-0.4, -0.2) is 82.9 Å². The van der Waals surface area contributed by atoms with Crippen molar-refractivity contribution >= 4 is 42.3 Å². The molecule has 0 aromatic heterocycles. The van der Waals surface area contributed by atoms with Crippen molar-refractivity contribution in [1.29, 1.82) is 0 Å². The zero-order valence-electron chi connectivity index (χ0n) is 24.3. The van der Waals surface area contributed by atoms with E-state index < -0.39 is 59.0 Å². The molecule has 10 nitrogen and oxygen atoms in total. The molecule has 0 aromatic rings. The van der Waals surface area contributed by atoms with Crippen molar-refractivity contribution in [3.63, 3.8) is 0 Å². The molecule has 0 bridgehead atoms. The monoisotopic (exact) mass is 502 g/mol. The summed E-state index contributed by atoms with van der Waals surface area (Å²) in [7, 11) is 1.47. The number of carbonyl (C=O) groups excluding carboxylic acids is 5. The van der Waals surface area contributed by atoms with Crippen LogP contribution in [-0.2, 0) is 19.2 Å². The van der Waals surface area contributed by atoms with Crippen LogP contribution < -0.4 is 16.0 Å². The number of carbonyl (C=O) groups is 5. The Morgan fingerprint density at radius 1 is 1.09 bits per heavy atom. The Balaban J connectivity index is 2.94. The lowest BCUT2D eigenvalue weighted by Gasteiger charge is -2.32. The first-order valence-corrected chi connectivity index (χ1v) is 11.8. The molecule has 194 valence electrons. The summed E-state index contributed by atoms with van der Waals surface area (Å²) < 4.78 is 22.8. The third kappa shape index (κ3) is 7.10. The van der Waals surface area contributed by atoms with Crippen LogP contribution in [0.4, 0.5) is 4.79 Å². The molecule has 1 aliphatic rings. The highest BCUT2D eigenvalue weighted by Gasteiger charge is 2.49. The summed E-state index contributed by atoms with van der Waals surface area (Å²) in [5, 5.41) is 6.93. The van der Waals surface area contributed by atoms with E-state index in [-0.39, 0.29) is 24.8 Å². The Morgan fingerprint density at radius 2 is 1.68 bits per heavy atom. The molecule has 0 spiro atoms. The normalized spacial score (nSPS) is 20.2. The van der Waals surface area contributed by atoms with Gasteiger partial charge in [0.25, 0.3) is 5.91 Å². The highest BCUT2D eigenvalue weighted by molar-refractivity contribution is 7.81. The number of urea groups is 1. The van der Waals surface area contributed by atoms with Crippen LogP contribution in [0.2, 0.25) is 0 Å². The van der Waals surface area contributed by atoms with Crippen LogP contribution in [0.5, 0.6) is 0 Å². The van der Waals surface area contributed by atoms with Crippen molar-refractivity contribution in [1.82, 2.24) is 25.8 Å². The second-order valence-corrected chi connectivity index (χ2v) is 11.2. The van der Waals surface area contributed by atoms with E-state index >= 15 is 0 Å². The van der Waals surface area contributed by atoms with Gasteiger partial charge >= 0.3 is 6.03 Å². The fraction of sp³-hybridized carbons (Fsp3) is 0.783. The number of likely N-dealkylation sites (N-methyl/N-ethyl adjacent to an activating group) is 2. The first-order chi connectivity index (χ1) is 16.7. The van der Waals surface area contributed by atoms with Gasteiger partial charge in [-0.25, -0.2) is 4.79 Å². The minimum absolute atomic E-state index is 0.0375. The van der Waals surface area contributed by atoms with E-state index in [0.29, 0.717) is 11.3 Å². The van der Waals surface area contributed by atoms with Gasteiger partial charge in [-0.3, -0.25) is 24.1 Å². The van der Waals surface area contributed by atoms with Crippen molar-refractivity contribution in [3.8, 4) is 0 Å². The summed E-state index contributed by atoms with van der Waals surface area (Å²) in [5.41, 5.74) is -2.15. The van der Waals surface area contributed by atoms with Crippen LogP contribution >= 0.6 is 12.6 Å². The molecule has 3 atom stereocenters. The van der Waals surface area contributed by atoms with E-state index in [1.807, 2.05) is 34.6 Å². The third-order valence-electron chi connectivity index (χ3n) is 5.68. The van der Waals surface area contributed by atoms with E-state index in [1.165, 1.54) is 20.9 Å². The van der Waals surface area contributed by atoms with E-state index in [9.17, 15) is 24.0 Å². The second-order valence-electron chi connectivity index (χ2n) is 10.6. The third-order valence-corrected chi connectivity index (χ3v) is 6.17. The molecule has 1 aliphatic heterocycles. The summed E-state index contributed by atoms with van der Waals surface area (Å²) in [6.45, 7) is 8.86. The highest BCUT2D eigenvalue weighted by Crippen LogP contribution is 2.26. The van der Waals surface area contributed by atoms with Crippen molar-refractivity contribution < 1.29 is 28.1 Å². The average molecular weight is 503 g/mol. The molecule has 34 heavy (non-hydrogen) atoms. The predicted molar refractivity (Wildman–Crippen MR) is 133 cm³/mol. The Kier molecular flexibility index (Phi) is 8.33. The van der Waals surface area contributed by atoms with Crippen molar-refractivity contribution in [2.24, 2.45) is 11.3 Å². The summed E-state index contributed by atoms with van der Waals surface area (Å²) in [6, 6.07) is -2.74. The lowest BCUT2D eigenvalue weighted by Crippen LogP contribution is -2.58. The number of rotatable bonds is 10. The maximum atomic E-state index is 13.1. The zero-order valence-corrected chi connectivity index (χ0v) is 22.2. The van der Waals surface area contributed by atoms with Crippen LogP contribution in [0.1, 0.15) is 65.4 Å². The molecule has 0 saturated carbocycles. The number of hydrogen-bond donors (Lipinski definition) is 4. The molecule has 1 heterocycles. The van der Waals surface area contributed by atoms with Crippen molar-refractivity contribution in [2.45, 2.75) is 84.2 Å². The molecule has 0 aromatic carbocycles. The molecule has 11 heteroatoms. The van der Waals surface area contributed by atoms with Gasteiger partial charge < -0.3 is 20.9 Å². The largest absolute Gasteiger partial charge is 0.357 e. The molecular weight excluding hydrogens is 458 g/mol. The number of thiol groups is 1. The van der Waals surface area contributed by atoms with Gasteiger partial charge in [0.2, 0.25) is 17.7 Å². The first-order valence-electron chi connectivity index (χ1n) is 12.8. The topological polar surface area (TPSA) is 128 Å². The number of amides is 6. The number of imide groups is 1. The maximum absolute atomic E-state index is 13.1. The summed E-state index contributed by atoms with van der Waals surface area (Å²) >= 11 is 4.30. The molecule has 0 aliphatic carbocycles. The Morgan fingerprint density at radius 3 is 2.12 bits per heavy atom. The van der Waals surface area contributed by atoms with Gasteiger partial charge in [0.1, 0.15) is 17.6 Å². The zero-order chi connectivity index (χ0) is 29.1. The lowest BCUT2D eigenvalue weighted by molar-refractivity contribution is -0.134. The van der Waals surface area contributed by atoms with E-state index in [4.69, 9.17) is 4.11 Å². The molecule has 0 unspecified atom stereocenters. The molecule has 0 radical (unpaired) electrons. The minimum Gasteiger partial charge on any atom is -0.357 e. The van der Waals surface area contributed by atoms with Crippen molar-refractivity contribution in [2.75, 3.05) is 20.6 Å². The Hall–Kier alpha value is -2.30. The van der Waals surface area contributed by atoms with Crippen LogP contribution in [0, 0.1) is 11.3 Å². The summed E-state index contributed by atoms with van der Waals surface area (Å²) in [4.78, 5) is 65.1. The SMILES string of the molecule is [2H]C([2H])([2H])N1C(=O)N(CC[C@@H](S)C(=O)N[C@@H](CC(C)C)C(=O)N[C@H](C(=O)NC)C(C)(C)C)C(=O)C1(C)C. The van der Waals surface area contributed by atoms with Crippen LogP contribution in [0.3, 0.4) is 0 Å². The molecule has 1 saturated heterocycles. The van der Waals surface area contributed by atoms with Gasteiger partial charge in [-0.05, 0) is 38.0 Å². The van der Waals surface area contributed by atoms with E-state index in [2.05, 4.69) is 28.6 Å². The van der Waals surface area contributed by atoms with Gasteiger partial charge in [-0.2, -0.15) is 12.6 Å². The molecule has 1 fully saturated rings.